The van der Waals surface area contributed by atoms with Gasteiger partial charge in [-0.05, 0) is 115 Å². The largest absolute Gasteiger partial charge is 0.393 e. The summed E-state index contributed by atoms with van der Waals surface area (Å²) in [7, 11) is 0. The SMILES string of the molecule is CC1(C)CC(F)(F)C1.CC1(C)CC(F)C1.CC1(C)CC(O)C1.CC1(C)CC1.CC1(C)CCC1.CC1(C)CCCC1.CC1(C)CCCCC1. The van der Waals surface area contributed by atoms with E-state index in [0.29, 0.717) is 21.7 Å². The average molecular weight is 687 g/mol. The molecule has 0 amide bonds. The summed E-state index contributed by atoms with van der Waals surface area (Å²) in [5.41, 5.74) is 3.51. The van der Waals surface area contributed by atoms with E-state index in [2.05, 4.69) is 83.1 Å². The van der Waals surface area contributed by atoms with E-state index in [-0.39, 0.29) is 24.4 Å². The number of aliphatic hydroxyl groups is 1. The van der Waals surface area contributed by atoms with E-state index < -0.39 is 12.1 Å². The molecule has 0 radical (unpaired) electrons. The van der Waals surface area contributed by atoms with Gasteiger partial charge in [0.1, 0.15) is 6.17 Å². The summed E-state index contributed by atoms with van der Waals surface area (Å²) in [5, 5.41) is 8.78. The fraction of sp³-hybridized carbons (Fsp3) is 1.00. The Bertz CT molecular complexity index is 822. The first-order chi connectivity index (χ1) is 21.4. The minimum Gasteiger partial charge on any atom is -0.393 e. The molecule has 0 bridgehead atoms. The predicted octanol–water partition coefficient (Wildman–Crippen LogP) is 15.3. The van der Waals surface area contributed by atoms with Crippen molar-refractivity contribution in [3.8, 4) is 0 Å². The van der Waals surface area contributed by atoms with Gasteiger partial charge in [-0.2, -0.15) is 0 Å². The van der Waals surface area contributed by atoms with E-state index in [1.807, 2.05) is 13.8 Å². The second-order valence-corrected chi connectivity index (χ2v) is 22.5. The third kappa shape index (κ3) is 22.5. The van der Waals surface area contributed by atoms with Crippen molar-refractivity contribution in [3.63, 3.8) is 0 Å². The lowest BCUT2D eigenvalue weighted by molar-refractivity contribution is -0.146. The van der Waals surface area contributed by atoms with Crippen molar-refractivity contribution in [1.82, 2.24) is 0 Å². The summed E-state index contributed by atoms with van der Waals surface area (Å²) >= 11 is 0. The molecule has 7 saturated carbocycles. The van der Waals surface area contributed by atoms with Crippen LogP contribution in [0, 0.1) is 37.9 Å². The molecule has 0 aliphatic heterocycles. The van der Waals surface area contributed by atoms with E-state index in [1.54, 1.807) is 0 Å². The number of aliphatic hydroxyl groups excluding tert-OH is 1. The van der Waals surface area contributed by atoms with Gasteiger partial charge in [-0.1, -0.05) is 135 Å². The van der Waals surface area contributed by atoms with Crippen molar-refractivity contribution in [2.75, 3.05) is 0 Å². The van der Waals surface area contributed by atoms with E-state index >= 15 is 0 Å². The maximum Gasteiger partial charge on any atom is 0.249 e. The van der Waals surface area contributed by atoms with Crippen LogP contribution >= 0.6 is 0 Å². The first-order valence-electron chi connectivity index (χ1n) is 20.1. The highest BCUT2D eigenvalue weighted by Crippen LogP contribution is 2.51. The van der Waals surface area contributed by atoms with Gasteiger partial charge in [-0.15, -0.1) is 0 Å². The van der Waals surface area contributed by atoms with Gasteiger partial charge < -0.3 is 5.11 Å². The van der Waals surface area contributed by atoms with E-state index in [9.17, 15) is 13.2 Å². The Kier molecular flexibility index (Phi) is 17.2. The first kappa shape index (κ1) is 45.8. The van der Waals surface area contributed by atoms with Crippen molar-refractivity contribution < 1.29 is 18.3 Å². The minimum atomic E-state index is -2.34. The van der Waals surface area contributed by atoms with Gasteiger partial charge >= 0.3 is 0 Å². The third-order valence-corrected chi connectivity index (χ3v) is 11.7. The molecule has 0 atom stereocenters. The van der Waals surface area contributed by atoms with Crippen molar-refractivity contribution in [3.05, 3.63) is 0 Å². The summed E-state index contributed by atoms with van der Waals surface area (Å²) in [6.07, 6.45) is 23.6. The number of rotatable bonds is 0. The zero-order chi connectivity index (χ0) is 37.3. The Morgan fingerprint density at radius 3 is 0.688 bits per heavy atom. The first-order valence-corrected chi connectivity index (χ1v) is 20.1. The molecule has 7 rings (SSSR count). The zero-order valence-corrected chi connectivity index (χ0v) is 34.9. The smallest absolute Gasteiger partial charge is 0.249 e. The molecule has 0 heterocycles. The molecule has 7 fully saturated rings. The van der Waals surface area contributed by atoms with E-state index in [1.165, 1.54) is 89.9 Å². The summed E-state index contributed by atoms with van der Waals surface area (Å²) in [5.74, 6) is -2.34. The summed E-state index contributed by atoms with van der Waals surface area (Å²) in [6.45, 7) is 31.0. The quantitative estimate of drug-likeness (QED) is 0.269. The molecule has 4 heteroatoms. The van der Waals surface area contributed by atoms with Gasteiger partial charge in [-0.25, -0.2) is 13.2 Å². The Morgan fingerprint density at radius 1 is 0.375 bits per heavy atom. The van der Waals surface area contributed by atoms with Crippen LogP contribution in [0.1, 0.15) is 225 Å². The van der Waals surface area contributed by atoms with Crippen LogP contribution in [-0.2, 0) is 0 Å². The van der Waals surface area contributed by atoms with E-state index in [0.717, 1.165) is 36.5 Å². The number of hydrogen-bond acceptors (Lipinski definition) is 1. The fourth-order valence-corrected chi connectivity index (χ4v) is 7.68. The summed E-state index contributed by atoms with van der Waals surface area (Å²) < 4.78 is 36.1. The van der Waals surface area contributed by atoms with Crippen LogP contribution in [0.2, 0.25) is 0 Å². The van der Waals surface area contributed by atoms with E-state index in [4.69, 9.17) is 5.11 Å². The van der Waals surface area contributed by atoms with Crippen LogP contribution in [0.5, 0.6) is 0 Å². The average Bonchev–Trinajstić information content (AvgIpc) is 3.37. The normalized spacial score (nSPS) is 29.4. The van der Waals surface area contributed by atoms with Gasteiger partial charge in [0, 0.05) is 12.8 Å². The Labute approximate surface area is 299 Å². The summed E-state index contributed by atoms with van der Waals surface area (Å²) in [6, 6.07) is 0. The monoisotopic (exact) mass is 687 g/mol. The molecule has 0 spiro atoms. The van der Waals surface area contributed by atoms with Crippen LogP contribution in [-0.4, -0.2) is 23.3 Å². The van der Waals surface area contributed by atoms with Crippen molar-refractivity contribution in [2.45, 2.75) is 244 Å². The molecular weight excluding hydrogens is 601 g/mol. The molecule has 0 aromatic rings. The molecule has 288 valence electrons. The van der Waals surface area contributed by atoms with Crippen LogP contribution in [0.3, 0.4) is 0 Å². The molecule has 7 aliphatic carbocycles. The maximum absolute atomic E-state index is 12.0. The van der Waals surface area contributed by atoms with Crippen molar-refractivity contribution in [2.24, 2.45) is 37.9 Å². The highest BCUT2D eigenvalue weighted by Gasteiger charge is 2.50. The number of hydrogen-bond donors (Lipinski definition) is 1. The molecule has 0 unspecified atom stereocenters. The van der Waals surface area contributed by atoms with Crippen LogP contribution < -0.4 is 0 Å². The Balaban J connectivity index is 0.000000281. The van der Waals surface area contributed by atoms with Gasteiger partial charge in [0.15, 0.2) is 0 Å². The minimum absolute atomic E-state index is 0.00926. The van der Waals surface area contributed by atoms with Crippen LogP contribution in [0.25, 0.3) is 0 Å². The zero-order valence-electron chi connectivity index (χ0n) is 34.9. The molecular formula is C44H85F3O. The second-order valence-electron chi connectivity index (χ2n) is 22.5. The lowest BCUT2D eigenvalue weighted by atomic mass is 9.69. The molecule has 7 aliphatic rings. The third-order valence-electron chi connectivity index (χ3n) is 11.7. The molecule has 0 aromatic heterocycles. The fourth-order valence-electron chi connectivity index (χ4n) is 7.68. The maximum atomic E-state index is 12.0. The number of halogens is 3. The predicted molar refractivity (Wildman–Crippen MR) is 205 cm³/mol. The molecule has 1 N–H and O–H groups in total. The molecule has 0 aromatic carbocycles. The second kappa shape index (κ2) is 18.0. The lowest BCUT2D eigenvalue weighted by Gasteiger charge is -2.41. The molecule has 1 nitrogen and oxygen atoms in total. The highest BCUT2D eigenvalue weighted by atomic mass is 19.3. The molecule has 48 heavy (non-hydrogen) atoms. The van der Waals surface area contributed by atoms with Gasteiger partial charge in [0.05, 0.1) is 6.10 Å². The Hall–Kier alpha value is -0.250. The highest BCUT2D eigenvalue weighted by molar-refractivity contribution is 4.92. The van der Waals surface area contributed by atoms with Gasteiger partial charge in [0.2, 0.25) is 5.92 Å². The lowest BCUT2D eigenvalue weighted by Crippen LogP contribution is -2.41. The molecule has 0 saturated heterocycles. The van der Waals surface area contributed by atoms with Crippen molar-refractivity contribution in [1.29, 1.82) is 0 Å². The number of alkyl halides is 3. The standard InChI is InChI=1S/C8H16.C7H14.C6H10F2.C6H11F.C6H12O.C6H12.C5H10/c1-8(2)6-4-3-5-7-8;1-7(2)5-3-4-6-7;1-5(2)3-6(7,8)4-5;2*1-6(2)3-5(7)4-6;1-6(2)4-3-5-6;1-5(2)3-4-5/h3-7H2,1-2H3;3-6H2,1-2H3;3-4H2,1-2H3;5H,3-4H2,1-2H3;5,7H,3-4H2,1-2H3;3-5H2,1-2H3;3-4H2,1-2H3. The topological polar surface area (TPSA) is 20.2 Å². The Morgan fingerprint density at radius 2 is 0.646 bits per heavy atom. The van der Waals surface area contributed by atoms with Crippen LogP contribution in [0.4, 0.5) is 13.2 Å². The van der Waals surface area contributed by atoms with Gasteiger partial charge in [0.25, 0.3) is 0 Å². The van der Waals surface area contributed by atoms with Crippen molar-refractivity contribution >= 4 is 0 Å². The van der Waals surface area contributed by atoms with Crippen LogP contribution in [0.15, 0.2) is 0 Å². The summed E-state index contributed by atoms with van der Waals surface area (Å²) in [4.78, 5) is 0. The van der Waals surface area contributed by atoms with Gasteiger partial charge in [-0.3, -0.25) is 0 Å².